The van der Waals surface area contributed by atoms with Crippen molar-refractivity contribution in [3.05, 3.63) is 27.3 Å². The van der Waals surface area contributed by atoms with Gasteiger partial charge in [0, 0.05) is 4.88 Å². The number of aliphatic carboxylic acids is 1. The van der Waals surface area contributed by atoms with E-state index in [1.807, 2.05) is 17.5 Å². The van der Waals surface area contributed by atoms with Gasteiger partial charge in [-0.2, -0.15) is 0 Å². The summed E-state index contributed by atoms with van der Waals surface area (Å²) in [5.74, 6) is -1.70. The van der Waals surface area contributed by atoms with Gasteiger partial charge in [0.05, 0.1) is 16.9 Å². The quantitative estimate of drug-likeness (QED) is 0.617. The standard InChI is InChI=1S/C11H9NO3S3/c1-6(10(14)15)12-9(13)8(18-11(12)16)5-7-3-2-4-17-7/h2-6H,1H3,(H,14,15)/p-1/b8-5+/t6-/m1/s1. The van der Waals surface area contributed by atoms with Crippen molar-refractivity contribution in [3.63, 3.8) is 0 Å². The van der Waals surface area contributed by atoms with E-state index in [0.29, 0.717) is 4.91 Å². The number of amides is 1. The first kappa shape index (κ1) is 13.3. The molecule has 1 atom stereocenters. The molecule has 0 saturated carbocycles. The number of carbonyl (C=O) groups is 2. The highest BCUT2D eigenvalue weighted by Gasteiger charge is 2.35. The molecule has 94 valence electrons. The van der Waals surface area contributed by atoms with Crippen molar-refractivity contribution in [2.75, 3.05) is 0 Å². The molecule has 1 aromatic rings. The predicted octanol–water partition coefficient (Wildman–Crippen LogP) is 1.09. The summed E-state index contributed by atoms with van der Waals surface area (Å²) in [6.45, 7) is 1.38. The van der Waals surface area contributed by atoms with Crippen molar-refractivity contribution in [2.45, 2.75) is 13.0 Å². The van der Waals surface area contributed by atoms with Crippen LogP contribution in [0.2, 0.25) is 0 Å². The van der Waals surface area contributed by atoms with E-state index in [4.69, 9.17) is 12.2 Å². The number of thiophene rings is 1. The lowest BCUT2D eigenvalue weighted by atomic mass is 10.3. The zero-order valence-electron chi connectivity index (χ0n) is 9.28. The Morgan fingerprint density at radius 3 is 2.89 bits per heavy atom. The van der Waals surface area contributed by atoms with Crippen molar-refractivity contribution < 1.29 is 14.7 Å². The van der Waals surface area contributed by atoms with E-state index in [2.05, 4.69) is 0 Å². The van der Waals surface area contributed by atoms with Crippen LogP contribution < -0.4 is 5.11 Å². The van der Waals surface area contributed by atoms with E-state index in [1.165, 1.54) is 18.3 Å². The van der Waals surface area contributed by atoms with Crippen molar-refractivity contribution in [2.24, 2.45) is 0 Å². The Balaban J connectivity index is 2.27. The molecule has 1 fully saturated rings. The number of carboxylic acid groups (broad SMARTS) is 1. The second-order valence-electron chi connectivity index (χ2n) is 3.56. The molecule has 1 amide bonds. The lowest BCUT2D eigenvalue weighted by Gasteiger charge is -2.23. The van der Waals surface area contributed by atoms with Gasteiger partial charge in [0.2, 0.25) is 0 Å². The zero-order chi connectivity index (χ0) is 13.3. The maximum Gasteiger partial charge on any atom is 0.266 e. The molecule has 1 saturated heterocycles. The number of carbonyl (C=O) groups excluding carboxylic acids is 2. The molecule has 1 aromatic heterocycles. The summed E-state index contributed by atoms with van der Waals surface area (Å²) in [4.78, 5) is 25.3. The van der Waals surface area contributed by atoms with Crippen molar-refractivity contribution >= 4 is 57.6 Å². The minimum atomic E-state index is -1.32. The molecule has 1 aliphatic heterocycles. The fraction of sp³-hybridized carbons (Fsp3) is 0.182. The van der Waals surface area contributed by atoms with Crippen LogP contribution in [0.1, 0.15) is 11.8 Å². The van der Waals surface area contributed by atoms with E-state index in [0.717, 1.165) is 21.5 Å². The number of thioether (sulfide) groups is 1. The van der Waals surface area contributed by atoms with Crippen LogP contribution >= 0.6 is 35.3 Å². The molecule has 1 aliphatic rings. The molecule has 2 heterocycles. The summed E-state index contributed by atoms with van der Waals surface area (Å²) in [5.41, 5.74) is 0. The number of carboxylic acids is 1. The number of thiocarbonyl (C=S) groups is 1. The predicted molar refractivity (Wildman–Crippen MR) is 73.8 cm³/mol. The van der Waals surface area contributed by atoms with Crippen LogP contribution in [0.4, 0.5) is 0 Å². The van der Waals surface area contributed by atoms with Gasteiger partial charge in [0.15, 0.2) is 0 Å². The summed E-state index contributed by atoms with van der Waals surface area (Å²) < 4.78 is 0.250. The zero-order valence-corrected chi connectivity index (χ0v) is 11.7. The summed E-state index contributed by atoms with van der Waals surface area (Å²) in [6.07, 6.45) is 1.71. The van der Waals surface area contributed by atoms with Crippen LogP contribution in [0.25, 0.3) is 6.08 Å². The maximum absolute atomic E-state index is 12.1. The van der Waals surface area contributed by atoms with Crippen LogP contribution in [0, 0.1) is 0 Å². The molecule has 0 radical (unpaired) electrons. The highest BCUT2D eigenvalue weighted by atomic mass is 32.2. The molecule has 0 aromatic carbocycles. The summed E-state index contributed by atoms with van der Waals surface area (Å²) in [5, 5.41) is 12.7. The Kier molecular flexibility index (Phi) is 3.84. The van der Waals surface area contributed by atoms with E-state index >= 15 is 0 Å². The second-order valence-corrected chi connectivity index (χ2v) is 6.22. The fourth-order valence-corrected chi connectivity index (χ4v) is 3.56. The van der Waals surface area contributed by atoms with Gasteiger partial charge in [0.25, 0.3) is 5.91 Å². The summed E-state index contributed by atoms with van der Waals surface area (Å²) >= 11 is 7.63. The Morgan fingerprint density at radius 1 is 1.61 bits per heavy atom. The van der Waals surface area contributed by atoms with Gasteiger partial charge < -0.3 is 9.90 Å². The lowest BCUT2D eigenvalue weighted by Crippen LogP contribution is -2.48. The van der Waals surface area contributed by atoms with Crippen LogP contribution in [0.3, 0.4) is 0 Å². The first-order valence-corrected chi connectivity index (χ1v) is 7.12. The number of nitrogens with zero attached hydrogens (tertiary/aromatic N) is 1. The van der Waals surface area contributed by atoms with Gasteiger partial charge in [0.1, 0.15) is 4.32 Å². The van der Waals surface area contributed by atoms with Crippen LogP contribution in [0.15, 0.2) is 22.4 Å². The summed E-state index contributed by atoms with van der Waals surface area (Å²) in [7, 11) is 0. The van der Waals surface area contributed by atoms with Crippen molar-refractivity contribution in [3.8, 4) is 0 Å². The van der Waals surface area contributed by atoms with Crippen molar-refractivity contribution in [1.82, 2.24) is 4.90 Å². The molecule has 0 aliphatic carbocycles. The van der Waals surface area contributed by atoms with Gasteiger partial charge in [-0.15, -0.1) is 11.3 Å². The van der Waals surface area contributed by atoms with E-state index in [-0.39, 0.29) is 10.2 Å². The maximum atomic E-state index is 12.1. The minimum absolute atomic E-state index is 0.250. The van der Waals surface area contributed by atoms with Crippen LogP contribution in [-0.2, 0) is 9.59 Å². The van der Waals surface area contributed by atoms with Crippen LogP contribution in [0.5, 0.6) is 0 Å². The molecule has 0 unspecified atom stereocenters. The molecular formula is C11H8NO3S3-. The molecular weight excluding hydrogens is 290 g/mol. The smallest absolute Gasteiger partial charge is 0.266 e. The van der Waals surface area contributed by atoms with Crippen LogP contribution in [-0.4, -0.2) is 27.1 Å². The molecule has 0 spiro atoms. The summed E-state index contributed by atoms with van der Waals surface area (Å²) in [6, 6.07) is 2.70. The monoisotopic (exact) mass is 298 g/mol. The highest BCUT2D eigenvalue weighted by Crippen LogP contribution is 2.34. The molecule has 2 rings (SSSR count). The topological polar surface area (TPSA) is 60.4 Å². The average molecular weight is 298 g/mol. The van der Waals surface area contributed by atoms with E-state index in [1.54, 1.807) is 6.08 Å². The second kappa shape index (κ2) is 5.21. The third-order valence-electron chi connectivity index (χ3n) is 2.37. The lowest BCUT2D eigenvalue weighted by molar-refractivity contribution is -0.309. The molecule has 4 nitrogen and oxygen atoms in total. The fourth-order valence-electron chi connectivity index (χ4n) is 1.42. The number of hydrogen-bond acceptors (Lipinski definition) is 6. The van der Waals surface area contributed by atoms with Gasteiger partial charge in [-0.05, 0) is 24.4 Å². The first-order valence-electron chi connectivity index (χ1n) is 5.02. The Hall–Kier alpha value is -1.18. The Bertz CT molecular complexity index is 536. The third kappa shape index (κ3) is 2.47. The molecule has 18 heavy (non-hydrogen) atoms. The molecule has 0 N–H and O–H groups in total. The SMILES string of the molecule is C[C@H](C(=O)[O-])N1C(=O)/C(=C\c2cccs2)SC1=S. The Labute approximate surface area is 117 Å². The third-order valence-corrected chi connectivity index (χ3v) is 4.52. The first-order chi connectivity index (χ1) is 8.50. The van der Waals surface area contributed by atoms with Gasteiger partial charge in [-0.25, -0.2) is 0 Å². The molecule has 0 bridgehead atoms. The normalized spacial score (nSPS) is 19.6. The van der Waals surface area contributed by atoms with E-state index < -0.39 is 12.0 Å². The van der Waals surface area contributed by atoms with Crippen molar-refractivity contribution in [1.29, 1.82) is 0 Å². The number of rotatable bonds is 3. The average Bonchev–Trinajstić information content (AvgIpc) is 2.88. The largest absolute Gasteiger partial charge is 0.548 e. The highest BCUT2D eigenvalue weighted by molar-refractivity contribution is 8.26. The Morgan fingerprint density at radius 2 is 2.33 bits per heavy atom. The van der Waals surface area contributed by atoms with Gasteiger partial charge in [-0.1, -0.05) is 30.0 Å². The number of hydrogen-bond donors (Lipinski definition) is 0. The van der Waals surface area contributed by atoms with Gasteiger partial charge >= 0.3 is 0 Å². The van der Waals surface area contributed by atoms with Gasteiger partial charge in [-0.3, -0.25) is 9.69 Å². The minimum Gasteiger partial charge on any atom is -0.548 e. The molecule has 7 heteroatoms. The van der Waals surface area contributed by atoms with E-state index in [9.17, 15) is 14.7 Å².